The van der Waals surface area contributed by atoms with Crippen molar-refractivity contribution in [3.05, 3.63) is 88.3 Å². The Balaban J connectivity index is 1.55. The van der Waals surface area contributed by atoms with Gasteiger partial charge in [-0.05, 0) is 52.7 Å². The molecular weight excluding hydrogens is 488 g/mol. The summed E-state index contributed by atoms with van der Waals surface area (Å²) >= 11 is 0. The van der Waals surface area contributed by atoms with E-state index in [0.29, 0.717) is 48.0 Å². The molecule has 0 saturated carbocycles. The monoisotopic (exact) mass is 518 g/mol. The van der Waals surface area contributed by atoms with E-state index in [9.17, 15) is 4.79 Å². The molecule has 5 aromatic rings. The summed E-state index contributed by atoms with van der Waals surface area (Å²) < 4.78 is 23.8. The summed E-state index contributed by atoms with van der Waals surface area (Å²) in [4.78, 5) is 18.4. The maximum Gasteiger partial charge on any atom is 0.252 e. The molecule has 0 saturated heterocycles. The lowest BCUT2D eigenvalue weighted by molar-refractivity contribution is 0.116. The Hall–Kier alpha value is -4.38. The van der Waals surface area contributed by atoms with Crippen molar-refractivity contribution in [3.8, 4) is 11.5 Å². The van der Waals surface area contributed by atoms with Crippen molar-refractivity contribution in [1.29, 1.82) is 0 Å². The number of aromatic nitrogens is 5. The number of ether oxygens (including phenoxy) is 2. The van der Waals surface area contributed by atoms with Crippen LogP contribution in [-0.2, 0) is 19.6 Å². The lowest BCUT2D eigenvalue weighted by atomic mass is 10.00. The van der Waals surface area contributed by atoms with E-state index in [1.807, 2.05) is 36.4 Å². The van der Waals surface area contributed by atoms with Gasteiger partial charge in [0.05, 0.1) is 44.8 Å². The van der Waals surface area contributed by atoms with Crippen LogP contribution < -0.4 is 15.0 Å². The largest absolute Gasteiger partial charge is 0.493 e. The third-order valence-electron chi connectivity index (χ3n) is 6.47. The molecule has 0 unspecified atom stereocenters. The van der Waals surface area contributed by atoms with Gasteiger partial charge in [-0.15, -0.1) is 5.10 Å². The maximum absolute atomic E-state index is 13.2. The third kappa shape index (κ3) is 5.18. The molecule has 0 radical (unpaired) electrons. The second kappa shape index (κ2) is 10.9. The van der Waals surface area contributed by atoms with E-state index in [2.05, 4.69) is 39.3 Å². The van der Waals surface area contributed by atoms with Crippen molar-refractivity contribution >= 4 is 10.9 Å². The molecule has 198 valence electrons. The van der Waals surface area contributed by atoms with Gasteiger partial charge in [0, 0.05) is 23.6 Å². The highest BCUT2D eigenvalue weighted by atomic mass is 16.5. The van der Waals surface area contributed by atoms with E-state index < -0.39 is 0 Å². The molecule has 0 aliphatic heterocycles. The van der Waals surface area contributed by atoms with Gasteiger partial charge in [0.1, 0.15) is 18.1 Å². The fourth-order valence-corrected chi connectivity index (χ4v) is 4.74. The molecule has 4 heterocycles. The summed E-state index contributed by atoms with van der Waals surface area (Å²) in [6.07, 6.45) is 3.26. The van der Waals surface area contributed by atoms with E-state index in [1.54, 1.807) is 37.5 Å². The van der Waals surface area contributed by atoms with Crippen LogP contribution in [0.2, 0.25) is 0 Å². The topological polar surface area (TPSA) is 124 Å². The zero-order valence-electron chi connectivity index (χ0n) is 21.7. The molecule has 0 spiro atoms. The van der Waals surface area contributed by atoms with E-state index in [1.165, 1.54) is 0 Å². The third-order valence-corrected chi connectivity index (χ3v) is 6.47. The number of methoxy groups -OCH3 is 2. The van der Waals surface area contributed by atoms with E-state index in [4.69, 9.17) is 18.3 Å². The zero-order chi connectivity index (χ0) is 26.6. The number of tetrazole rings is 1. The fourth-order valence-electron chi connectivity index (χ4n) is 4.74. The van der Waals surface area contributed by atoms with Crippen LogP contribution in [0.25, 0.3) is 10.9 Å². The summed E-state index contributed by atoms with van der Waals surface area (Å²) in [5.74, 6) is 3.42. The molecule has 1 atom stereocenters. The first-order valence-electron chi connectivity index (χ1n) is 12.3. The molecule has 5 rings (SSSR count). The summed E-state index contributed by atoms with van der Waals surface area (Å²) in [6, 6.07) is 12.8. The smallest absolute Gasteiger partial charge is 0.252 e. The number of pyridine rings is 1. The number of fused-ring (bicyclic) bond motifs is 1. The summed E-state index contributed by atoms with van der Waals surface area (Å²) in [7, 11) is 3.15. The Morgan fingerprint density at radius 2 is 1.71 bits per heavy atom. The number of H-pyrrole nitrogens is 1. The van der Waals surface area contributed by atoms with Crippen molar-refractivity contribution in [2.24, 2.45) is 5.92 Å². The summed E-state index contributed by atoms with van der Waals surface area (Å²) in [6.45, 7) is 5.38. The van der Waals surface area contributed by atoms with Crippen LogP contribution in [0.5, 0.6) is 11.5 Å². The number of nitrogens with one attached hydrogen (secondary N) is 1. The van der Waals surface area contributed by atoms with Crippen molar-refractivity contribution in [3.63, 3.8) is 0 Å². The first-order chi connectivity index (χ1) is 18.5. The minimum atomic E-state index is -0.231. The fraction of sp³-hybridized carbons (Fsp3) is 0.333. The minimum Gasteiger partial charge on any atom is -0.493 e. The van der Waals surface area contributed by atoms with E-state index >= 15 is 0 Å². The Labute approximate surface area is 219 Å². The molecule has 4 aromatic heterocycles. The molecule has 0 bridgehead atoms. The van der Waals surface area contributed by atoms with Gasteiger partial charge in [0.15, 0.2) is 17.3 Å². The van der Waals surface area contributed by atoms with Crippen molar-refractivity contribution < 1.29 is 18.3 Å². The SMILES string of the molecule is COc1cc2cc(CN(Cc3ccco3)[C@@H](c3nnnn3Cc3ccco3)C(C)C)c(=O)[nH]c2cc1OC. The molecule has 1 N–H and O–H groups in total. The van der Waals surface area contributed by atoms with Gasteiger partial charge in [-0.3, -0.25) is 9.69 Å². The molecular formula is C27H30N6O5. The van der Waals surface area contributed by atoms with Gasteiger partial charge < -0.3 is 23.3 Å². The van der Waals surface area contributed by atoms with Crippen LogP contribution in [0.3, 0.4) is 0 Å². The van der Waals surface area contributed by atoms with Crippen molar-refractivity contribution in [2.75, 3.05) is 14.2 Å². The van der Waals surface area contributed by atoms with E-state index in [-0.39, 0.29) is 17.5 Å². The number of hydrogen-bond donors (Lipinski definition) is 1. The lowest BCUT2D eigenvalue weighted by Gasteiger charge is -2.32. The molecule has 11 nitrogen and oxygen atoms in total. The van der Waals surface area contributed by atoms with Gasteiger partial charge in [0.25, 0.3) is 5.56 Å². The minimum absolute atomic E-state index is 0.107. The summed E-state index contributed by atoms with van der Waals surface area (Å²) in [5.41, 5.74) is 1.07. The number of hydrogen-bond acceptors (Lipinski definition) is 9. The molecule has 0 amide bonds. The number of furan rings is 2. The highest BCUT2D eigenvalue weighted by Gasteiger charge is 2.31. The predicted octanol–water partition coefficient (Wildman–Crippen LogP) is 4.17. The maximum atomic E-state index is 13.2. The number of nitrogens with zero attached hydrogens (tertiary/aromatic N) is 5. The average molecular weight is 519 g/mol. The Morgan fingerprint density at radius 1 is 1.00 bits per heavy atom. The molecule has 0 aliphatic carbocycles. The van der Waals surface area contributed by atoms with Gasteiger partial charge in [0.2, 0.25) is 0 Å². The molecule has 11 heteroatoms. The first kappa shape index (κ1) is 25.3. The number of benzene rings is 1. The number of aromatic amines is 1. The van der Waals surface area contributed by atoms with Crippen LogP contribution >= 0.6 is 0 Å². The van der Waals surface area contributed by atoms with Gasteiger partial charge >= 0.3 is 0 Å². The predicted molar refractivity (Wildman–Crippen MR) is 139 cm³/mol. The second-order valence-electron chi connectivity index (χ2n) is 9.37. The quantitative estimate of drug-likeness (QED) is 0.274. The standard InChI is InChI=1S/C27H30N6O5/c1-17(2)25(26-29-30-31-33(26)16-21-8-6-10-38-21)32(15-20-7-5-9-37-20)14-19-11-18-12-23(35-3)24(36-4)13-22(18)28-27(19)34/h5-13,17,25H,14-16H2,1-4H3,(H,28,34)/t25-/m1/s1. The van der Waals surface area contributed by atoms with Gasteiger partial charge in [-0.25, -0.2) is 4.68 Å². The van der Waals surface area contributed by atoms with Crippen molar-refractivity contribution in [2.45, 2.75) is 39.5 Å². The molecule has 38 heavy (non-hydrogen) atoms. The molecule has 0 aliphatic rings. The Kier molecular flexibility index (Phi) is 7.27. The number of rotatable bonds is 11. The first-order valence-corrected chi connectivity index (χ1v) is 12.3. The molecule has 0 fully saturated rings. The zero-order valence-corrected chi connectivity index (χ0v) is 21.7. The highest BCUT2D eigenvalue weighted by molar-refractivity contribution is 5.83. The highest BCUT2D eigenvalue weighted by Crippen LogP contribution is 2.33. The normalized spacial score (nSPS) is 12.5. The Bertz CT molecular complexity index is 1540. The van der Waals surface area contributed by atoms with Crippen LogP contribution in [0.4, 0.5) is 0 Å². The summed E-state index contributed by atoms with van der Waals surface area (Å²) in [5, 5.41) is 13.4. The van der Waals surface area contributed by atoms with Gasteiger partial charge in [-0.1, -0.05) is 13.8 Å². The Morgan fingerprint density at radius 3 is 2.37 bits per heavy atom. The van der Waals surface area contributed by atoms with Crippen LogP contribution in [0, 0.1) is 5.92 Å². The van der Waals surface area contributed by atoms with Crippen LogP contribution in [0.1, 0.15) is 42.8 Å². The van der Waals surface area contributed by atoms with E-state index in [0.717, 1.165) is 16.9 Å². The van der Waals surface area contributed by atoms with Crippen LogP contribution in [-0.4, -0.2) is 44.3 Å². The van der Waals surface area contributed by atoms with Crippen molar-refractivity contribution in [1.82, 2.24) is 30.1 Å². The second-order valence-corrected chi connectivity index (χ2v) is 9.37. The molecule has 1 aromatic carbocycles. The average Bonchev–Trinajstić information content (AvgIpc) is 3.69. The lowest BCUT2D eigenvalue weighted by Crippen LogP contribution is -2.35. The van der Waals surface area contributed by atoms with Gasteiger partial charge in [-0.2, -0.15) is 0 Å². The van der Waals surface area contributed by atoms with Crippen LogP contribution in [0.15, 0.2) is 68.6 Å².